The molecule has 1 saturated heterocycles. The molecule has 3 rings (SSSR count). The molecular weight excluding hydrogens is 304 g/mol. The van der Waals surface area contributed by atoms with E-state index < -0.39 is 5.60 Å². The molecule has 1 aliphatic carbocycles. The molecule has 0 aromatic heterocycles. The molecule has 1 heterocycles. The smallest absolute Gasteiger partial charge is 0.221 e. The molecule has 0 unspecified atom stereocenters. The largest absolute Gasteiger partial charge is 0.497 e. The number of carbonyl (C=O) groups is 1. The quantitative estimate of drug-likeness (QED) is 0.799. The van der Waals surface area contributed by atoms with Gasteiger partial charge in [-0.2, -0.15) is 0 Å². The number of aliphatic hydroxyl groups is 1. The Morgan fingerprint density at radius 1 is 1.38 bits per heavy atom. The normalized spacial score (nSPS) is 27.2. The van der Waals surface area contributed by atoms with Gasteiger partial charge >= 0.3 is 0 Å². The van der Waals surface area contributed by atoms with Crippen molar-refractivity contribution in [2.75, 3.05) is 26.7 Å². The fourth-order valence-corrected chi connectivity index (χ4v) is 3.70. The molecule has 1 aromatic rings. The summed E-state index contributed by atoms with van der Waals surface area (Å²) < 4.78 is 5.12. The highest BCUT2D eigenvalue weighted by atomic mass is 16.5. The minimum absolute atomic E-state index is 0.0559. The van der Waals surface area contributed by atoms with Gasteiger partial charge in [0.25, 0.3) is 0 Å². The van der Waals surface area contributed by atoms with Crippen LogP contribution in [0.4, 0.5) is 0 Å². The van der Waals surface area contributed by atoms with Gasteiger partial charge < -0.3 is 15.2 Å². The van der Waals surface area contributed by atoms with Crippen molar-refractivity contribution in [3.8, 4) is 5.75 Å². The van der Waals surface area contributed by atoms with E-state index in [9.17, 15) is 9.90 Å². The molecule has 2 N–H and O–H groups in total. The first-order valence-electron chi connectivity index (χ1n) is 8.85. The number of nitrogens with one attached hydrogen (secondary N) is 1. The molecule has 2 fully saturated rings. The third-order valence-corrected chi connectivity index (χ3v) is 5.45. The van der Waals surface area contributed by atoms with Gasteiger partial charge in [0.2, 0.25) is 5.91 Å². The molecule has 0 spiro atoms. The van der Waals surface area contributed by atoms with Crippen LogP contribution in [0.25, 0.3) is 0 Å². The zero-order valence-electron chi connectivity index (χ0n) is 14.6. The van der Waals surface area contributed by atoms with E-state index in [0.717, 1.165) is 30.7 Å². The summed E-state index contributed by atoms with van der Waals surface area (Å²) in [6.45, 7) is 4.98. The lowest BCUT2D eigenvalue weighted by Gasteiger charge is -2.26. The van der Waals surface area contributed by atoms with Crippen molar-refractivity contribution < 1.29 is 14.6 Å². The number of hydrogen-bond acceptors (Lipinski definition) is 4. The molecule has 24 heavy (non-hydrogen) atoms. The topological polar surface area (TPSA) is 61.8 Å². The van der Waals surface area contributed by atoms with E-state index in [1.54, 1.807) is 7.11 Å². The van der Waals surface area contributed by atoms with E-state index in [1.807, 2.05) is 24.3 Å². The van der Waals surface area contributed by atoms with Crippen molar-refractivity contribution in [3.05, 3.63) is 29.8 Å². The van der Waals surface area contributed by atoms with E-state index in [-0.39, 0.29) is 5.91 Å². The Hall–Kier alpha value is -1.59. The van der Waals surface area contributed by atoms with E-state index in [2.05, 4.69) is 17.1 Å². The highest BCUT2D eigenvalue weighted by molar-refractivity contribution is 5.76. The van der Waals surface area contributed by atoms with Crippen LogP contribution < -0.4 is 10.1 Å². The van der Waals surface area contributed by atoms with Crippen LogP contribution in [0.1, 0.15) is 31.7 Å². The monoisotopic (exact) mass is 332 g/mol. The number of nitrogens with zero attached hydrogens (tertiary/aromatic N) is 1. The SMILES string of the molecule is COc1ccc(CNC(=O)CCN2C[C@@H](C)[C@](O)(C3CC3)C2)cc1. The van der Waals surface area contributed by atoms with Gasteiger partial charge in [-0.1, -0.05) is 19.1 Å². The second-order valence-electron chi connectivity index (χ2n) is 7.28. The summed E-state index contributed by atoms with van der Waals surface area (Å²) in [6, 6.07) is 7.70. The minimum Gasteiger partial charge on any atom is -0.497 e. The average Bonchev–Trinajstić information content (AvgIpc) is 3.39. The lowest BCUT2D eigenvalue weighted by molar-refractivity contribution is -0.121. The zero-order chi connectivity index (χ0) is 17.2. The maximum atomic E-state index is 12.1. The Morgan fingerprint density at radius 2 is 2.08 bits per heavy atom. The molecule has 1 saturated carbocycles. The fraction of sp³-hybridized carbons (Fsp3) is 0.632. The Balaban J connectivity index is 1.39. The summed E-state index contributed by atoms with van der Waals surface area (Å²) in [4.78, 5) is 14.3. The standard InChI is InChI=1S/C19H28N2O3/c1-14-12-21(13-19(14,23)16-5-6-16)10-9-18(22)20-11-15-3-7-17(24-2)8-4-15/h3-4,7-8,14,16,23H,5-6,9-13H2,1-2H3,(H,20,22)/t14-,19+/m1/s1. The Bertz CT molecular complexity index is 570. The number of β-amino-alcohol motifs (C(OH)–C–C–N with tert-alkyl or cyclic N) is 1. The number of ether oxygens (including phenoxy) is 1. The summed E-state index contributed by atoms with van der Waals surface area (Å²) in [5.41, 5.74) is 0.529. The average molecular weight is 332 g/mol. The molecule has 0 radical (unpaired) electrons. The predicted molar refractivity (Wildman–Crippen MR) is 92.7 cm³/mol. The number of amides is 1. The molecule has 1 aliphatic heterocycles. The molecule has 5 heteroatoms. The molecule has 132 valence electrons. The first-order chi connectivity index (χ1) is 11.5. The van der Waals surface area contributed by atoms with Crippen LogP contribution in [0.5, 0.6) is 5.75 Å². The number of carbonyl (C=O) groups excluding carboxylic acids is 1. The highest BCUT2D eigenvalue weighted by Crippen LogP contribution is 2.46. The van der Waals surface area contributed by atoms with Crippen LogP contribution in [-0.2, 0) is 11.3 Å². The van der Waals surface area contributed by atoms with Gasteiger partial charge in [-0.05, 0) is 42.4 Å². The number of rotatable bonds is 7. The number of likely N-dealkylation sites (tertiary alicyclic amines) is 1. The van der Waals surface area contributed by atoms with Crippen molar-refractivity contribution in [2.45, 2.75) is 38.3 Å². The maximum Gasteiger partial charge on any atom is 0.221 e. The minimum atomic E-state index is -0.528. The van der Waals surface area contributed by atoms with Gasteiger partial charge in [0.05, 0.1) is 12.7 Å². The lowest BCUT2D eigenvalue weighted by atomic mass is 9.88. The Morgan fingerprint density at radius 3 is 2.71 bits per heavy atom. The maximum absolute atomic E-state index is 12.1. The number of benzene rings is 1. The molecule has 0 bridgehead atoms. The summed E-state index contributed by atoms with van der Waals surface area (Å²) in [5.74, 6) is 1.64. The molecule has 2 aliphatic rings. The Labute approximate surface area is 144 Å². The number of methoxy groups -OCH3 is 1. The van der Waals surface area contributed by atoms with E-state index in [4.69, 9.17) is 4.74 Å². The van der Waals surface area contributed by atoms with E-state index in [0.29, 0.717) is 37.9 Å². The van der Waals surface area contributed by atoms with E-state index in [1.165, 1.54) is 0 Å². The van der Waals surface area contributed by atoms with Gasteiger partial charge in [0.1, 0.15) is 5.75 Å². The summed E-state index contributed by atoms with van der Waals surface area (Å²) >= 11 is 0. The fourth-order valence-electron chi connectivity index (χ4n) is 3.70. The van der Waals surface area contributed by atoms with Crippen LogP contribution in [0.15, 0.2) is 24.3 Å². The van der Waals surface area contributed by atoms with Crippen molar-refractivity contribution in [2.24, 2.45) is 11.8 Å². The summed E-state index contributed by atoms with van der Waals surface area (Å²) in [6.07, 6.45) is 2.78. The second-order valence-corrected chi connectivity index (χ2v) is 7.28. The molecular formula is C19H28N2O3. The van der Waals surface area contributed by atoms with Gasteiger partial charge in [0, 0.05) is 32.6 Å². The molecule has 1 aromatic carbocycles. The Kier molecular flexibility index (Phi) is 5.11. The summed E-state index contributed by atoms with van der Waals surface area (Å²) in [7, 11) is 1.64. The first kappa shape index (κ1) is 17.2. The van der Waals surface area contributed by atoms with Crippen molar-refractivity contribution >= 4 is 5.91 Å². The molecule has 1 amide bonds. The van der Waals surface area contributed by atoms with Crippen molar-refractivity contribution in [1.82, 2.24) is 10.2 Å². The lowest BCUT2D eigenvalue weighted by Crippen LogP contribution is -2.39. The van der Waals surface area contributed by atoms with Gasteiger partial charge in [-0.3, -0.25) is 9.69 Å². The molecule has 5 nitrogen and oxygen atoms in total. The first-order valence-corrected chi connectivity index (χ1v) is 8.85. The molecule has 2 atom stereocenters. The van der Waals surface area contributed by atoms with Gasteiger partial charge in [-0.15, -0.1) is 0 Å². The zero-order valence-corrected chi connectivity index (χ0v) is 14.6. The predicted octanol–water partition coefficient (Wildman–Crippen LogP) is 1.79. The van der Waals surface area contributed by atoms with Crippen molar-refractivity contribution in [3.63, 3.8) is 0 Å². The third-order valence-electron chi connectivity index (χ3n) is 5.45. The highest BCUT2D eigenvalue weighted by Gasteiger charge is 2.52. The van der Waals surface area contributed by atoms with Crippen molar-refractivity contribution in [1.29, 1.82) is 0 Å². The van der Waals surface area contributed by atoms with Crippen LogP contribution in [0.2, 0.25) is 0 Å². The van der Waals surface area contributed by atoms with Gasteiger partial charge in [-0.25, -0.2) is 0 Å². The van der Waals surface area contributed by atoms with Crippen LogP contribution in [0, 0.1) is 11.8 Å². The van der Waals surface area contributed by atoms with E-state index >= 15 is 0 Å². The third kappa shape index (κ3) is 3.90. The van der Waals surface area contributed by atoms with Crippen LogP contribution in [0.3, 0.4) is 0 Å². The van der Waals surface area contributed by atoms with Gasteiger partial charge in [0.15, 0.2) is 0 Å². The van der Waals surface area contributed by atoms with Crippen LogP contribution in [-0.4, -0.2) is 48.3 Å². The number of hydrogen-bond donors (Lipinski definition) is 2. The van der Waals surface area contributed by atoms with Crippen LogP contribution >= 0.6 is 0 Å². The second kappa shape index (κ2) is 7.11. The summed E-state index contributed by atoms with van der Waals surface area (Å²) in [5, 5.41) is 13.7.